The molecule has 1 rings (SSSR count). The fourth-order valence-electron chi connectivity index (χ4n) is 1.83. The van der Waals surface area contributed by atoms with Crippen LogP contribution in [0.3, 0.4) is 0 Å². The number of nitrogens with zero attached hydrogens (tertiary/aromatic N) is 1. The lowest BCUT2D eigenvalue weighted by atomic mass is 10.1. The summed E-state index contributed by atoms with van der Waals surface area (Å²) in [5, 5.41) is 6.65. The number of nitrogens with one attached hydrogen (secondary N) is 2. The van der Waals surface area contributed by atoms with E-state index >= 15 is 0 Å². The van der Waals surface area contributed by atoms with E-state index < -0.39 is 0 Å². The molecule has 0 aromatic heterocycles. The van der Waals surface area contributed by atoms with Crippen molar-refractivity contribution >= 4 is 29.9 Å². The number of halogens is 1. The summed E-state index contributed by atoms with van der Waals surface area (Å²) < 4.78 is 0. The normalized spacial score (nSPS) is 10.8. The van der Waals surface area contributed by atoms with Crippen molar-refractivity contribution < 1.29 is 0 Å². The number of aliphatic imine (C=N–C) groups is 1. The van der Waals surface area contributed by atoms with Gasteiger partial charge in [0.2, 0.25) is 0 Å². The predicted molar refractivity (Wildman–Crippen MR) is 94.4 cm³/mol. The van der Waals surface area contributed by atoms with Gasteiger partial charge in [-0.15, -0.1) is 24.0 Å². The standard InChI is InChI=1S/C15H25N3.HI/c1-5-6-9-17-15(16-4)18-11-14-8-7-12(2)10-13(14)3;/h7-8,10H,5-6,9,11H2,1-4H3,(H2,16,17,18);1H. The van der Waals surface area contributed by atoms with E-state index in [0.29, 0.717) is 0 Å². The van der Waals surface area contributed by atoms with Crippen molar-refractivity contribution in [3.63, 3.8) is 0 Å². The fourth-order valence-corrected chi connectivity index (χ4v) is 1.83. The Labute approximate surface area is 134 Å². The van der Waals surface area contributed by atoms with Gasteiger partial charge in [-0.1, -0.05) is 37.1 Å². The first kappa shape index (κ1) is 18.2. The van der Waals surface area contributed by atoms with Gasteiger partial charge in [-0.05, 0) is 31.4 Å². The molecule has 19 heavy (non-hydrogen) atoms. The zero-order chi connectivity index (χ0) is 13.4. The van der Waals surface area contributed by atoms with Crippen LogP contribution in [0.1, 0.15) is 36.5 Å². The van der Waals surface area contributed by atoms with Gasteiger partial charge in [0.1, 0.15) is 0 Å². The fraction of sp³-hybridized carbons (Fsp3) is 0.533. The summed E-state index contributed by atoms with van der Waals surface area (Å²) in [4.78, 5) is 4.22. The summed E-state index contributed by atoms with van der Waals surface area (Å²) >= 11 is 0. The van der Waals surface area contributed by atoms with Gasteiger partial charge in [0.15, 0.2) is 5.96 Å². The van der Waals surface area contributed by atoms with E-state index in [-0.39, 0.29) is 24.0 Å². The lowest BCUT2D eigenvalue weighted by Crippen LogP contribution is -2.37. The molecular weight excluding hydrogens is 349 g/mol. The third-order valence-electron chi connectivity index (χ3n) is 2.99. The highest BCUT2D eigenvalue weighted by Crippen LogP contribution is 2.09. The Morgan fingerprint density at radius 1 is 1.21 bits per heavy atom. The zero-order valence-electron chi connectivity index (χ0n) is 12.4. The average Bonchev–Trinajstić information content (AvgIpc) is 2.35. The van der Waals surface area contributed by atoms with Crippen molar-refractivity contribution in [1.82, 2.24) is 10.6 Å². The van der Waals surface area contributed by atoms with Gasteiger partial charge < -0.3 is 10.6 Å². The lowest BCUT2D eigenvalue weighted by Gasteiger charge is -2.13. The monoisotopic (exact) mass is 375 g/mol. The molecule has 2 N–H and O–H groups in total. The second-order valence-electron chi connectivity index (χ2n) is 4.64. The number of unbranched alkanes of at least 4 members (excludes halogenated alkanes) is 1. The van der Waals surface area contributed by atoms with Gasteiger partial charge in [0, 0.05) is 20.1 Å². The van der Waals surface area contributed by atoms with Crippen molar-refractivity contribution in [2.45, 2.75) is 40.2 Å². The highest BCUT2D eigenvalue weighted by Gasteiger charge is 2.00. The number of hydrogen-bond acceptors (Lipinski definition) is 1. The Kier molecular flexibility index (Phi) is 9.65. The lowest BCUT2D eigenvalue weighted by molar-refractivity contribution is 0.728. The maximum atomic E-state index is 4.22. The van der Waals surface area contributed by atoms with Crippen LogP contribution in [-0.2, 0) is 6.54 Å². The number of hydrogen-bond donors (Lipinski definition) is 2. The Morgan fingerprint density at radius 3 is 2.53 bits per heavy atom. The van der Waals surface area contributed by atoms with E-state index in [1.807, 2.05) is 7.05 Å². The van der Waals surface area contributed by atoms with Crippen molar-refractivity contribution in [1.29, 1.82) is 0 Å². The Bertz CT molecular complexity index is 402. The van der Waals surface area contributed by atoms with Crippen LogP contribution in [-0.4, -0.2) is 19.6 Å². The topological polar surface area (TPSA) is 36.4 Å². The second-order valence-corrected chi connectivity index (χ2v) is 4.64. The highest BCUT2D eigenvalue weighted by molar-refractivity contribution is 14.0. The maximum absolute atomic E-state index is 4.22. The number of guanidine groups is 1. The zero-order valence-corrected chi connectivity index (χ0v) is 14.7. The molecule has 0 aliphatic carbocycles. The summed E-state index contributed by atoms with van der Waals surface area (Å²) in [6, 6.07) is 6.54. The molecule has 1 aromatic rings. The third-order valence-corrected chi connectivity index (χ3v) is 2.99. The molecule has 3 nitrogen and oxygen atoms in total. The van der Waals surface area contributed by atoms with Gasteiger partial charge in [0.05, 0.1) is 0 Å². The Morgan fingerprint density at radius 2 is 1.95 bits per heavy atom. The average molecular weight is 375 g/mol. The number of benzene rings is 1. The Balaban J connectivity index is 0.00000324. The first-order valence-electron chi connectivity index (χ1n) is 6.68. The molecule has 0 heterocycles. The summed E-state index contributed by atoms with van der Waals surface area (Å²) in [5.74, 6) is 0.878. The molecule has 0 aliphatic rings. The smallest absolute Gasteiger partial charge is 0.191 e. The molecule has 4 heteroatoms. The minimum absolute atomic E-state index is 0. The van der Waals surface area contributed by atoms with Crippen LogP contribution in [0.25, 0.3) is 0 Å². The van der Waals surface area contributed by atoms with E-state index in [1.165, 1.54) is 29.5 Å². The molecule has 0 aliphatic heterocycles. The Hall–Kier alpha value is -0.780. The molecule has 0 saturated carbocycles. The van der Waals surface area contributed by atoms with Gasteiger partial charge in [0.25, 0.3) is 0 Å². The van der Waals surface area contributed by atoms with Gasteiger partial charge in [-0.25, -0.2) is 0 Å². The molecule has 0 radical (unpaired) electrons. The van der Waals surface area contributed by atoms with Crippen LogP contribution in [0.5, 0.6) is 0 Å². The van der Waals surface area contributed by atoms with Crippen molar-refractivity contribution in [2.75, 3.05) is 13.6 Å². The molecular formula is C15H26IN3. The van der Waals surface area contributed by atoms with Crippen LogP contribution in [0.15, 0.2) is 23.2 Å². The van der Waals surface area contributed by atoms with E-state index in [4.69, 9.17) is 0 Å². The molecule has 0 amide bonds. The third kappa shape index (κ3) is 6.80. The minimum atomic E-state index is 0. The highest BCUT2D eigenvalue weighted by atomic mass is 127. The van der Waals surface area contributed by atoms with Gasteiger partial charge >= 0.3 is 0 Å². The van der Waals surface area contributed by atoms with Crippen LogP contribution in [0, 0.1) is 13.8 Å². The summed E-state index contributed by atoms with van der Waals surface area (Å²) in [6.45, 7) is 8.25. The van der Waals surface area contributed by atoms with Crippen LogP contribution < -0.4 is 10.6 Å². The number of rotatable bonds is 5. The van der Waals surface area contributed by atoms with E-state index in [1.54, 1.807) is 0 Å². The first-order valence-corrected chi connectivity index (χ1v) is 6.68. The molecule has 0 saturated heterocycles. The van der Waals surface area contributed by atoms with Gasteiger partial charge in [-0.2, -0.15) is 0 Å². The molecule has 0 unspecified atom stereocenters. The minimum Gasteiger partial charge on any atom is -0.356 e. The second kappa shape index (κ2) is 10.1. The van der Waals surface area contributed by atoms with Gasteiger partial charge in [-0.3, -0.25) is 4.99 Å². The SMILES string of the molecule is CCCCNC(=NC)NCc1ccc(C)cc1C.I. The number of aryl methyl sites for hydroxylation is 2. The van der Waals surface area contributed by atoms with Crippen molar-refractivity contribution in [3.05, 3.63) is 34.9 Å². The van der Waals surface area contributed by atoms with Crippen molar-refractivity contribution in [3.8, 4) is 0 Å². The van der Waals surface area contributed by atoms with Crippen LogP contribution in [0.2, 0.25) is 0 Å². The summed E-state index contributed by atoms with van der Waals surface area (Å²) in [6.07, 6.45) is 2.37. The maximum Gasteiger partial charge on any atom is 0.191 e. The van der Waals surface area contributed by atoms with Crippen LogP contribution >= 0.6 is 24.0 Å². The first-order chi connectivity index (χ1) is 8.67. The summed E-state index contributed by atoms with van der Waals surface area (Å²) in [7, 11) is 1.81. The predicted octanol–water partition coefficient (Wildman–Crippen LogP) is 3.39. The quantitative estimate of drug-likeness (QED) is 0.358. The molecule has 0 atom stereocenters. The molecule has 0 bridgehead atoms. The molecule has 0 spiro atoms. The summed E-state index contributed by atoms with van der Waals surface area (Å²) in [5.41, 5.74) is 3.95. The van der Waals surface area contributed by atoms with Crippen molar-refractivity contribution in [2.24, 2.45) is 4.99 Å². The van der Waals surface area contributed by atoms with E-state index in [9.17, 15) is 0 Å². The van der Waals surface area contributed by atoms with E-state index in [2.05, 4.69) is 54.6 Å². The molecule has 108 valence electrons. The van der Waals surface area contributed by atoms with Crippen LogP contribution in [0.4, 0.5) is 0 Å². The largest absolute Gasteiger partial charge is 0.356 e. The van der Waals surface area contributed by atoms with E-state index in [0.717, 1.165) is 19.0 Å². The molecule has 0 fully saturated rings. The molecule has 1 aromatic carbocycles.